The Hall–Kier alpha value is -0.940. The number of hydrogen-bond donors (Lipinski definition) is 1. The summed E-state index contributed by atoms with van der Waals surface area (Å²) in [7, 11) is 0. The van der Waals surface area contributed by atoms with Gasteiger partial charge in [0.25, 0.3) is 0 Å². The monoisotopic (exact) mass is 240 g/mol. The Kier molecular flexibility index (Phi) is 2.28. The maximum Gasteiger partial charge on any atom is 0.169 e. The van der Waals surface area contributed by atoms with Gasteiger partial charge in [0, 0.05) is 18.8 Å². The van der Waals surface area contributed by atoms with E-state index in [-0.39, 0.29) is 0 Å². The van der Waals surface area contributed by atoms with Crippen molar-refractivity contribution in [2.45, 2.75) is 6.42 Å². The Balaban J connectivity index is 2.60. The molecule has 68 valence electrons. The van der Waals surface area contributed by atoms with Crippen LogP contribution in [0.25, 0.3) is 5.65 Å². The van der Waals surface area contributed by atoms with Gasteiger partial charge in [-0.25, -0.2) is 9.50 Å². The molecule has 13 heavy (non-hydrogen) atoms. The first-order valence-electron chi connectivity index (χ1n) is 4.00. The first kappa shape index (κ1) is 8.65. The first-order valence-corrected chi connectivity index (χ1v) is 4.80. The van der Waals surface area contributed by atoms with Crippen molar-refractivity contribution in [1.29, 1.82) is 0 Å². The summed E-state index contributed by atoms with van der Waals surface area (Å²) in [6.07, 6.45) is 4.38. The zero-order valence-electron chi connectivity index (χ0n) is 6.94. The maximum atomic E-state index is 5.46. The normalized spacial score (nSPS) is 10.9. The van der Waals surface area contributed by atoms with Gasteiger partial charge in [-0.05, 0) is 28.5 Å². The highest BCUT2D eigenvalue weighted by Gasteiger charge is 2.08. The van der Waals surface area contributed by atoms with E-state index in [1.165, 1.54) is 0 Å². The quantitative estimate of drug-likeness (QED) is 0.853. The van der Waals surface area contributed by atoms with Crippen molar-refractivity contribution in [2.75, 3.05) is 6.54 Å². The van der Waals surface area contributed by atoms with Crippen LogP contribution in [0.5, 0.6) is 0 Å². The van der Waals surface area contributed by atoms with Gasteiger partial charge in [-0.3, -0.25) is 0 Å². The summed E-state index contributed by atoms with van der Waals surface area (Å²) in [6.45, 7) is 0.600. The van der Waals surface area contributed by atoms with Gasteiger partial charge in [0.1, 0.15) is 0 Å². The van der Waals surface area contributed by atoms with Crippen molar-refractivity contribution in [2.24, 2.45) is 5.73 Å². The van der Waals surface area contributed by atoms with Gasteiger partial charge in [0.05, 0.1) is 10.2 Å². The second-order valence-corrected chi connectivity index (χ2v) is 3.48. The minimum absolute atomic E-state index is 0.600. The van der Waals surface area contributed by atoms with Crippen molar-refractivity contribution in [3.8, 4) is 0 Å². The molecule has 0 atom stereocenters. The molecule has 0 bridgehead atoms. The average molecular weight is 241 g/mol. The molecule has 0 radical (unpaired) electrons. The lowest BCUT2D eigenvalue weighted by Gasteiger charge is -1.89. The van der Waals surface area contributed by atoms with Gasteiger partial charge in [0.2, 0.25) is 0 Å². The number of nitrogens with zero attached hydrogens (tertiary/aromatic N) is 3. The fourth-order valence-electron chi connectivity index (χ4n) is 1.20. The Morgan fingerprint density at radius 3 is 3.08 bits per heavy atom. The summed E-state index contributed by atoms with van der Waals surface area (Å²) in [6, 6.07) is 1.85. The Morgan fingerprint density at radius 1 is 1.54 bits per heavy atom. The molecule has 0 aromatic carbocycles. The number of nitrogens with two attached hydrogens (primary N) is 1. The molecule has 5 heteroatoms. The molecule has 2 heterocycles. The van der Waals surface area contributed by atoms with Gasteiger partial charge in [-0.2, -0.15) is 5.10 Å². The Morgan fingerprint density at radius 2 is 2.38 bits per heavy atom. The van der Waals surface area contributed by atoms with Crippen LogP contribution in [-0.4, -0.2) is 21.1 Å². The van der Waals surface area contributed by atoms with E-state index in [4.69, 9.17) is 5.73 Å². The number of halogens is 1. The predicted octanol–water partition coefficient (Wildman–Crippen LogP) is 0.993. The van der Waals surface area contributed by atoms with Crippen LogP contribution in [0.4, 0.5) is 0 Å². The molecule has 0 aliphatic rings. The largest absolute Gasteiger partial charge is 0.330 e. The predicted molar refractivity (Wildman–Crippen MR) is 53.4 cm³/mol. The van der Waals surface area contributed by atoms with Crippen LogP contribution in [0.15, 0.2) is 22.9 Å². The van der Waals surface area contributed by atoms with E-state index in [2.05, 4.69) is 26.0 Å². The van der Waals surface area contributed by atoms with Crippen LogP contribution in [0.1, 0.15) is 5.69 Å². The van der Waals surface area contributed by atoms with Crippen LogP contribution < -0.4 is 5.73 Å². The highest BCUT2D eigenvalue weighted by molar-refractivity contribution is 9.10. The second-order valence-electron chi connectivity index (χ2n) is 2.69. The van der Waals surface area contributed by atoms with Gasteiger partial charge < -0.3 is 5.73 Å². The smallest absolute Gasteiger partial charge is 0.169 e. The van der Waals surface area contributed by atoms with Crippen molar-refractivity contribution in [3.63, 3.8) is 0 Å². The molecule has 0 spiro atoms. The average Bonchev–Trinajstić information content (AvgIpc) is 2.46. The number of hydrogen-bond acceptors (Lipinski definition) is 3. The van der Waals surface area contributed by atoms with Crippen molar-refractivity contribution < 1.29 is 0 Å². The van der Waals surface area contributed by atoms with E-state index in [9.17, 15) is 0 Å². The molecule has 0 fully saturated rings. The minimum Gasteiger partial charge on any atom is -0.330 e. The van der Waals surface area contributed by atoms with Crippen LogP contribution in [0.3, 0.4) is 0 Å². The zero-order chi connectivity index (χ0) is 9.26. The molecule has 2 aromatic rings. The summed E-state index contributed by atoms with van der Waals surface area (Å²) >= 11 is 3.45. The summed E-state index contributed by atoms with van der Waals surface area (Å²) in [5, 5.41) is 4.33. The molecular weight excluding hydrogens is 232 g/mol. The number of aromatic nitrogens is 3. The summed E-state index contributed by atoms with van der Waals surface area (Å²) in [5.41, 5.74) is 7.26. The molecule has 0 saturated heterocycles. The first-order chi connectivity index (χ1) is 6.33. The third-order valence-electron chi connectivity index (χ3n) is 1.79. The van der Waals surface area contributed by atoms with Crippen LogP contribution in [0, 0.1) is 0 Å². The maximum absolute atomic E-state index is 5.46. The van der Waals surface area contributed by atoms with Gasteiger partial charge in [0.15, 0.2) is 5.65 Å². The van der Waals surface area contributed by atoms with Crippen LogP contribution >= 0.6 is 15.9 Å². The molecule has 0 unspecified atom stereocenters. The summed E-state index contributed by atoms with van der Waals surface area (Å²) in [4.78, 5) is 4.20. The summed E-state index contributed by atoms with van der Waals surface area (Å²) < 4.78 is 2.69. The van der Waals surface area contributed by atoms with E-state index >= 15 is 0 Å². The highest BCUT2D eigenvalue weighted by atomic mass is 79.9. The lowest BCUT2D eigenvalue weighted by Crippen LogP contribution is -2.03. The molecule has 2 rings (SSSR count). The highest BCUT2D eigenvalue weighted by Crippen LogP contribution is 2.20. The molecule has 0 aliphatic heterocycles. The van der Waals surface area contributed by atoms with E-state index in [0.29, 0.717) is 6.54 Å². The third-order valence-corrected chi connectivity index (χ3v) is 2.60. The molecule has 2 N–H and O–H groups in total. The lowest BCUT2D eigenvalue weighted by molar-refractivity contribution is 0.853. The standard InChI is InChI=1S/C8H9BrN4/c9-7-6(2-3-10)12-13-5-1-4-11-8(7)13/h1,4-5H,2-3,10H2. The van der Waals surface area contributed by atoms with E-state index in [0.717, 1.165) is 22.2 Å². The van der Waals surface area contributed by atoms with Crippen molar-refractivity contribution in [3.05, 3.63) is 28.6 Å². The number of rotatable bonds is 2. The molecule has 0 aliphatic carbocycles. The van der Waals surface area contributed by atoms with E-state index in [1.54, 1.807) is 10.7 Å². The molecule has 4 nitrogen and oxygen atoms in total. The molecular formula is C8H9BrN4. The minimum atomic E-state index is 0.600. The van der Waals surface area contributed by atoms with Crippen molar-refractivity contribution in [1.82, 2.24) is 14.6 Å². The van der Waals surface area contributed by atoms with Gasteiger partial charge in [-0.15, -0.1) is 0 Å². The topological polar surface area (TPSA) is 56.2 Å². The summed E-state index contributed by atoms with van der Waals surface area (Å²) in [5.74, 6) is 0. The molecule has 0 amide bonds. The van der Waals surface area contributed by atoms with E-state index in [1.807, 2.05) is 12.3 Å². The van der Waals surface area contributed by atoms with Crippen LogP contribution in [0.2, 0.25) is 0 Å². The van der Waals surface area contributed by atoms with Crippen LogP contribution in [-0.2, 0) is 6.42 Å². The Bertz CT molecular complexity index is 423. The van der Waals surface area contributed by atoms with E-state index < -0.39 is 0 Å². The third kappa shape index (κ3) is 1.45. The zero-order valence-corrected chi connectivity index (χ0v) is 8.53. The molecule has 0 saturated carbocycles. The second kappa shape index (κ2) is 3.43. The lowest BCUT2D eigenvalue weighted by atomic mass is 10.3. The van der Waals surface area contributed by atoms with Gasteiger partial charge in [-0.1, -0.05) is 0 Å². The molecule has 2 aromatic heterocycles. The SMILES string of the molecule is NCCc1nn2cccnc2c1Br. The van der Waals surface area contributed by atoms with Crippen molar-refractivity contribution >= 4 is 21.6 Å². The fraction of sp³-hybridized carbons (Fsp3) is 0.250. The Labute approximate surface area is 83.9 Å². The van der Waals surface area contributed by atoms with Gasteiger partial charge >= 0.3 is 0 Å². The number of fused-ring (bicyclic) bond motifs is 1. The fourth-order valence-corrected chi connectivity index (χ4v) is 1.76.